The van der Waals surface area contributed by atoms with Crippen LogP contribution in [0.2, 0.25) is 0 Å². The van der Waals surface area contributed by atoms with Crippen molar-refractivity contribution in [2.75, 3.05) is 45.2 Å². The number of hydrogen-bond donors (Lipinski definition) is 2. The van der Waals surface area contributed by atoms with Gasteiger partial charge in [0, 0.05) is 54.0 Å². The van der Waals surface area contributed by atoms with Gasteiger partial charge in [-0.05, 0) is 71.0 Å². The zero-order valence-corrected chi connectivity index (χ0v) is 24.9. The summed E-state index contributed by atoms with van der Waals surface area (Å²) < 4.78 is 67.8. The molecule has 0 spiro atoms. The van der Waals surface area contributed by atoms with Crippen LogP contribution in [0.15, 0.2) is 18.3 Å². The minimum atomic E-state index is -2.89. The van der Waals surface area contributed by atoms with Crippen LogP contribution in [0.5, 0.6) is 6.01 Å². The Bertz CT molecular complexity index is 1770. The Kier molecular flexibility index (Phi) is 6.24. The monoisotopic (exact) mass is 597 g/mol. The Labute approximate surface area is 246 Å². The van der Waals surface area contributed by atoms with E-state index in [1.807, 2.05) is 24.8 Å². The third-order valence-corrected chi connectivity index (χ3v) is 9.54. The van der Waals surface area contributed by atoms with E-state index in [1.54, 1.807) is 25.2 Å². The molecule has 2 aromatic carbocycles. The average Bonchev–Trinajstić information content (AvgIpc) is 3.20. The molecule has 43 heavy (non-hydrogen) atoms. The number of aryl methyl sites for hydroxylation is 1. The number of ether oxygens (including phenoxy) is 1. The lowest BCUT2D eigenvalue weighted by atomic mass is 9.92. The molecule has 228 valence electrons. The van der Waals surface area contributed by atoms with E-state index >= 15 is 8.78 Å². The van der Waals surface area contributed by atoms with Gasteiger partial charge in [-0.3, -0.25) is 5.10 Å². The fraction of sp³-hybridized carbons (Fsp3) is 0.516. The normalized spacial score (nSPS) is 26.2. The second kappa shape index (κ2) is 9.49. The van der Waals surface area contributed by atoms with Gasteiger partial charge in [-0.1, -0.05) is 0 Å². The van der Waals surface area contributed by atoms with Gasteiger partial charge in [0.2, 0.25) is 0 Å². The van der Waals surface area contributed by atoms with Crippen molar-refractivity contribution in [2.24, 2.45) is 5.41 Å². The summed E-state index contributed by atoms with van der Waals surface area (Å²) in [6.45, 7) is 6.76. The molecule has 2 aliphatic heterocycles. The summed E-state index contributed by atoms with van der Waals surface area (Å²) in [5.41, 5.74) is 0.702. The number of benzene rings is 2. The Balaban J connectivity index is 1.39. The number of halogens is 4. The first-order valence-corrected chi connectivity index (χ1v) is 14.6. The van der Waals surface area contributed by atoms with E-state index in [9.17, 15) is 8.78 Å². The van der Waals surface area contributed by atoms with Crippen LogP contribution in [0.25, 0.3) is 32.9 Å². The highest BCUT2D eigenvalue weighted by molar-refractivity contribution is 6.01. The number of piperazine rings is 1. The Hall–Kier alpha value is -3.51. The topological polar surface area (TPSA) is 82.2 Å². The Morgan fingerprint density at radius 2 is 1.88 bits per heavy atom. The van der Waals surface area contributed by atoms with Crippen molar-refractivity contribution in [1.29, 1.82) is 0 Å². The van der Waals surface area contributed by atoms with E-state index < -0.39 is 23.0 Å². The molecule has 2 bridgehead atoms. The molecule has 0 unspecified atom stereocenters. The zero-order chi connectivity index (χ0) is 30.5. The smallest absolute Gasteiger partial charge is 0.319 e. The van der Waals surface area contributed by atoms with Crippen LogP contribution in [-0.2, 0) is 0 Å². The summed E-state index contributed by atoms with van der Waals surface area (Å²) in [7, 11) is 3.46. The minimum absolute atomic E-state index is 0.116. The lowest BCUT2D eigenvalue weighted by Crippen LogP contribution is -2.58. The second-order valence-electron chi connectivity index (χ2n) is 13.3. The van der Waals surface area contributed by atoms with Crippen molar-refractivity contribution < 1.29 is 22.3 Å². The van der Waals surface area contributed by atoms with Crippen molar-refractivity contribution in [3.8, 4) is 17.1 Å². The van der Waals surface area contributed by atoms with Crippen LogP contribution in [0, 0.1) is 30.9 Å². The first-order valence-electron chi connectivity index (χ1n) is 14.6. The van der Waals surface area contributed by atoms with Crippen LogP contribution < -0.4 is 15.0 Å². The lowest BCUT2D eigenvalue weighted by Gasteiger charge is -2.40. The molecule has 0 amide bonds. The van der Waals surface area contributed by atoms with Crippen molar-refractivity contribution in [3.63, 3.8) is 0 Å². The maximum absolute atomic E-state index is 16.7. The molecular weight excluding hydrogens is 562 g/mol. The predicted octanol–water partition coefficient (Wildman–Crippen LogP) is 5.36. The number of alkyl halides is 2. The van der Waals surface area contributed by atoms with Gasteiger partial charge in [0.15, 0.2) is 5.82 Å². The molecule has 3 atom stereocenters. The van der Waals surface area contributed by atoms with Crippen LogP contribution in [0.1, 0.15) is 37.3 Å². The Morgan fingerprint density at radius 1 is 1.12 bits per heavy atom. The van der Waals surface area contributed by atoms with E-state index in [0.29, 0.717) is 40.9 Å². The number of nitrogens with one attached hydrogen (secondary N) is 2. The summed E-state index contributed by atoms with van der Waals surface area (Å²) in [6.07, 6.45) is 3.18. The van der Waals surface area contributed by atoms with Crippen LogP contribution in [0.4, 0.5) is 23.4 Å². The molecule has 2 N–H and O–H groups in total. The molecule has 12 heteroatoms. The van der Waals surface area contributed by atoms with Gasteiger partial charge in [-0.25, -0.2) is 17.6 Å². The lowest BCUT2D eigenvalue weighted by molar-refractivity contribution is 0.0288. The number of H-pyrrole nitrogens is 1. The quantitative estimate of drug-likeness (QED) is 0.278. The van der Waals surface area contributed by atoms with Gasteiger partial charge in [-0.2, -0.15) is 15.1 Å². The molecule has 4 heterocycles. The van der Waals surface area contributed by atoms with Crippen LogP contribution in [0.3, 0.4) is 0 Å². The maximum atomic E-state index is 16.7. The highest BCUT2D eigenvalue weighted by atomic mass is 19.3. The average molecular weight is 598 g/mol. The fourth-order valence-corrected chi connectivity index (χ4v) is 7.21. The van der Waals surface area contributed by atoms with Gasteiger partial charge in [0.1, 0.15) is 23.8 Å². The molecule has 3 fully saturated rings. The number of fused-ring (bicyclic) bond motifs is 4. The first-order chi connectivity index (χ1) is 20.3. The number of aromatic nitrogens is 4. The number of anilines is 1. The molecule has 1 aliphatic carbocycles. The molecular formula is C31H35F4N7O. The SMILES string of the molecule is Cc1cc2[nH]ncc2c(-c2c(F)cc3c(N4C[C@H]5CC[C@](C)(C4)N5)nc(OC[C@]4(CN(C)C)CC4(F)F)nc3c2F)c1C. The second-order valence-corrected chi connectivity index (χ2v) is 13.3. The van der Waals surface area contributed by atoms with Crippen LogP contribution >= 0.6 is 0 Å². The van der Waals surface area contributed by atoms with Crippen molar-refractivity contribution in [3.05, 3.63) is 41.1 Å². The van der Waals surface area contributed by atoms with Crippen molar-refractivity contribution in [2.45, 2.75) is 57.5 Å². The van der Waals surface area contributed by atoms with Gasteiger partial charge in [0.25, 0.3) is 5.92 Å². The van der Waals surface area contributed by atoms with E-state index in [2.05, 4.69) is 32.4 Å². The van der Waals surface area contributed by atoms with E-state index in [0.717, 1.165) is 18.4 Å². The summed E-state index contributed by atoms with van der Waals surface area (Å²) in [6, 6.07) is 3.17. The molecule has 7 rings (SSSR count). The van der Waals surface area contributed by atoms with E-state index in [-0.39, 0.29) is 53.6 Å². The molecule has 0 radical (unpaired) electrons. The number of rotatable bonds is 7. The van der Waals surface area contributed by atoms with E-state index in [4.69, 9.17) is 4.74 Å². The van der Waals surface area contributed by atoms with Crippen molar-refractivity contribution >= 4 is 27.6 Å². The third kappa shape index (κ3) is 4.52. The maximum Gasteiger partial charge on any atom is 0.319 e. The standard InChI is InChI=1S/C31H35F4N7O/c1-16-8-22-20(10-36-40-22)23(17(16)2)24-21(32)9-19-26(25(24)33)37-28(43-15-30(14-41(4)5)12-31(30,34)35)38-27(19)42-11-18-6-7-29(3,13-42)39-18/h8-10,18,39H,6-7,11-15H2,1-5H3,(H,36,40)/t18-,29-,30-/m1/s1. The van der Waals surface area contributed by atoms with E-state index in [1.165, 1.54) is 6.07 Å². The van der Waals surface area contributed by atoms with Gasteiger partial charge in [-0.15, -0.1) is 0 Å². The predicted molar refractivity (Wildman–Crippen MR) is 157 cm³/mol. The number of hydrogen-bond acceptors (Lipinski definition) is 7. The molecule has 2 aromatic heterocycles. The Morgan fingerprint density at radius 3 is 2.58 bits per heavy atom. The highest BCUT2D eigenvalue weighted by Gasteiger charge is 2.71. The molecule has 8 nitrogen and oxygen atoms in total. The first kappa shape index (κ1) is 28.3. The summed E-state index contributed by atoms with van der Waals surface area (Å²) in [4.78, 5) is 12.7. The molecule has 3 aliphatic rings. The van der Waals surface area contributed by atoms with Gasteiger partial charge in [0.05, 0.1) is 22.7 Å². The third-order valence-electron chi connectivity index (χ3n) is 9.54. The highest BCUT2D eigenvalue weighted by Crippen LogP contribution is 2.60. The van der Waals surface area contributed by atoms with Crippen LogP contribution in [-0.4, -0.2) is 82.9 Å². The fourth-order valence-electron chi connectivity index (χ4n) is 7.21. The number of aromatic amines is 1. The summed E-state index contributed by atoms with van der Waals surface area (Å²) in [5, 5.41) is 11.4. The molecule has 1 saturated carbocycles. The zero-order valence-electron chi connectivity index (χ0n) is 24.9. The summed E-state index contributed by atoms with van der Waals surface area (Å²) in [5.74, 6) is -4.15. The largest absolute Gasteiger partial charge is 0.463 e. The minimum Gasteiger partial charge on any atom is -0.463 e. The molecule has 2 saturated heterocycles. The van der Waals surface area contributed by atoms with Crippen molar-refractivity contribution in [1.82, 2.24) is 30.4 Å². The van der Waals surface area contributed by atoms with Gasteiger partial charge < -0.3 is 19.9 Å². The number of nitrogens with zero attached hydrogens (tertiary/aromatic N) is 5. The summed E-state index contributed by atoms with van der Waals surface area (Å²) >= 11 is 0. The van der Waals surface area contributed by atoms with Gasteiger partial charge >= 0.3 is 6.01 Å². The molecule has 4 aromatic rings.